The van der Waals surface area contributed by atoms with Crippen LogP contribution in [-0.4, -0.2) is 57.9 Å². The van der Waals surface area contributed by atoms with E-state index in [0.717, 1.165) is 32.1 Å². The van der Waals surface area contributed by atoms with Gasteiger partial charge in [-0.05, 0) is 50.9 Å². The number of halogens is 3. The van der Waals surface area contributed by atoms with Crippen LogP contribution in [0.5, 0.6) is 5.75 Å². The Labute approximate surface area is 161 Å². The van der Waals surface area contributed by atoms with E-state index in [4.69, 9.17) is 0 Å². The van der Waals surface area contributed by atoms with Crippen LogP contribution in [-0.2, 0) is 6.18 Å². The summed E-state index contributed by atoms with van der Waals surface area (Å²) in [5.74, 6) is 0.635. The highest BCUT2D eigenvalue weighted by atomic mass is 19.4. The molecular weight excluding hydrogens is 371 g/mol. The maximum absolute atomic E-state index is 12.8. The second-order valence-electron chi connectivity index (χ2n) is 7.66. The molecule has 2 aromatic rings. The van der Waals surface area contributed by atoms with Crippen molar-refractivity contribution in [3.05, 3.63) is 29.5 Å². The standard InChI is InChI=1S/C19H22F3N5O/c1-11-17(14-6-5-13(8-16(14)28)19(20,21)22)24-25-18(23-11)27-7-3-4-12-9-26(2)10-15(12)27/h5-6,8,12,15,28H,3-4,7,9-10H2,1-2H3. The number of benzene rings is 1. The monoisotopic (exact) mass is 393 g/mol. The van der Waals surface area contributed by atoms with E-state index in [2.05, 4.69) is 32.0 Å². The molecule has 2 fully saturated rings. The minimum Gasteiger partial charge on any atom is -0.507 e. The number of alkyl halides is 3. The molecule has 1 aromatic heterocycles. The van der Waals surface area contributed by atoms with Crippen molar-refractivity contribution < 1.29 is 18.3 Å². The number of likely N-dealkylation sites (tertiary alicyclic amines) is 1. The molecule has 2 aliphatic heterocycles. The predicted molar refractivity (Wildman–Crippen MR) is 98.0 cm³/mol. The minimum absolute atomic E-state index is 0.189. The quantitative estimate of drug-likeness (QED) is 0.846. The van der Waals surface area contributed by atoms with Crippen molar-refractivity contribution in [2.24, 2.45) is 5.92 Å². The zero-order chi connectivity index (χ0) is 20.1. The number of aryl methyl sites for hydroxylation is 1. The van der Waals surface area contributed by atoms with Crippen LogP contribution < -0.4 is 4.90 Å². The Morgan fingerprint density at radius 3 is 2.64 bits per heavy atom. The summed E-state index contributed by atoms with van der Waals surface area (Å²) in [5.41, 5.74) is 0.0865. The number of rotatable bonds is 2. The van der Waals surface area contributed by atoms with Crippen molar-refractivity contribution in [1.82, 2.24) is 20.1 Å². The first kappa shape index (κ1) is 18.9. The molecule has 2 unspecified atom stereocenters. The Kier molecular flexibility index (Phi) is 4.65. The lowest BCUT2D eigenvalue weighted by atomic mass is 9.92. The molecule has 0 amide bonds. The summed E-state index contributed by atoms with van der Waals surface area (Å²) in [4.78, 5) is 9.07. The highest BCUT2D eigenvalue weighted by Crippen LogP contribution is 2.37. The number of phenols is 1. The maximum atomic E-state index is 12.8. The molecule has 2 atom stereocenters. The molecule has 1 N–H and O–H groups in total. The summed E-state index contributed by atoms with van der Waals surface area (Å²) in [6.07, 6.45) is -2.26. The average Bonchev–Trinajstić information content (AvgIpc) is 3.01. The second-order valence-corrected chi connectivity index (χ2v) is 7.66. The topological polar surface area (TPSA) is 65.4 Å². The molecule has 0 bridgehead atoms. The Hall–Kier alpha value is -2.42. The summed E-state index contributed by atoms with van der Waals surface area (Å²) in [6, 6.07) is 3.19. The van der Waals surface area contributed by atoms with E-state index in [-0.39, 0.29) is 11.3 Å². The number of likely N-dealkylation sites (N-methyl/N-ethyl adjacent to an activating group) is 1. The Morgan fingerprint density at radius 1 is 1.18 bits per heavy atom. The largest absolute Gasteiger partial charge is 0.507 e. The Bertz CT molecular complexity index is 888. The second kappa shape index (κ2) is 6.88. The third kappa shape index (κ3) is 3.39. The van der Waals surface area contributed by atoms with Crippen molar-refractivity contribution in [3.63, 3.8) is 0 Å². The van der Waals surface area contributed by atoms with Gasteiger partial charge in [-0.2, -0.15) is 13.2 Å². The van der Waals surface area contributed by atoms with E-state index in [9.17, 15) is 18.3 Å². The first-order valence-corrected chi connectivity index (χ1v) is 9.31. The van der Waals surface area contributed by atoms with Gasteiger partial charge in [-0.3, -0.25) is 0 Å². The molecule has 4 rings (SSSR count). The third-order valence-electron chi connectivity index (χ3n) is 5.65. The lowest BCUT2D eigenvalue weighted by Gasteiger charge is -2.36. The number of anilines is 1. The molecule has 2 saturated heterocycles. The van der Waals surface area contributed by atoms with Gasteiger partial charge >= 0.3 is 6.18 Å². The molecule has 0 aliphatic carbocycles. The Morgan fingerprint density at radius 2 is 1.96 bits per heavy atom. The van der Waals surface area contributed by atoms with E-state index in [0.29, 0.717) is 29.7 Å². The number of nitrogens with zero attached hydrogens (tertiary/aromatic N) is 5. The van der Waals surface area contributed by atoms with Gasteiger partial charge in [-0.15, -0.1) is 10.2 Å². The number of fused-ring (bicyclic) bond motifs is 1. The summed E-state index contributed by atoms with van der Waals surface area (Å²) >= 11 is 0. The number of phenolic OH excluding ortho intramolecular Hbond substituents is 1. The maximum Gasteiger partial charge on any atom is 0.416 e. The van der Waals surface area contributed by atoms with E-state index < -0.39 is 17.5 Å². The van der Waals surface area contributed by atoms with Crippen molar-refractivity contribution in [3.8, 4) is 17.0 Å². The number of piperidine rings is 1. The summed E-state index contributed by atoms with van der Waals surface area (Å²) in [6.45, 7) is 4.60. The fraction of sp³-hybridized carbons (Fsp3) is 0.526. The highest BCUT2D eigenvalue weighted by Gasteiger charge is 2.39. The minimum atomic E-state index is -4.52. The van der Waals surface area contributed by atoms with Crippen molar-refractivity contribution in [1.29, 1.82) is 0 Å². The number of aromatic nitrogens is 3. The lowest BCUT2D eigenvalue weighted by Crippen LogP contribution is -2.46. The molecule has 150 valence electrons. The van der Waals surface area contributed by atoms with Crippen LogP contribution in [0, 0.1) is 12.8 Å². The molecule has 3 heterocycles. The van der Waals surface area contributed by atoms with Crippen molar-refractivity contribution in [2.45, 2.75) is 32.0 Å². The van der Waals surface area contributed by atoms with Crippen LogP contribution in [0.25, 0.3) is 11.3 Å². The Balaban J connectivity index is 1.64. The van der Waals surface area contributed by atoms with E-state index in [1.165, 1.54) is 12.5 Å². The van der Waals surface area contributed by atoms with Crippen LogP contribution >= 0.6 is 0 Å². The van der Waals surface area contributed by atoms with Gasteiger partial charge in [-0.1, -0.05) is 0 Å². The molecule has 0 radical (unpaired) electrons. The SMILES string of the molecule is Cc1nc(N2CCCC3CN(C)CC32)nnc1-c1ccc(C(F)(F)F)cc1O. The zero-order valence-electron chi connectivity index (χ0n) is 15.7. The first-order valence-electron chi connectivity index (χ1n) is 9.31. The van der Waals surface area contributed by atoms with Gasteiger partial charge in [0, 0.05) is 31.2 Å². The third-order valence-corrected chi connectivity index (χ3v) is 5.65. The van der Waals surface area contributed by atoms with E-state index in [1.807, 2.05) is 0 Å². The first-order chi connectivity index (χ1) is 13.2. The number of hydrogen-bond donors (Lipinski definition) is 1. The van der Waals surface area contributed by atoms with Gasteiger partial charge in [0.15, 0.2) is 0 Å². The van der Waals surface area contributed by atoms with Gasteiger partial charge < -0.3 is 14.9 Å². The molecule has 6 nitrogen and oxygen atoms in total. The molecule has 9 heteroatoms. The smallest absolute Gasteiger partial charge is 0.416 e. The fourth-order valence-corrected chi connectivity index (χ4v) is 4.31. The van der Waals surface area contributed by atoms with E-state index in [1.54, 1.807) is 6.92 Å². The molecule has 0 saturated carbocycles. The lowest BCUT2D eigenvalue weighted by molar-refractivity contribution is -0.137. The normalized spacial score (nSPS) is 23.1. The molecule has 1 aromatic carbocycles. The molecular formula is C19H22F3N5O. The van der Waals surface area contributed by atoms with Gasteiger partial charge in [0.2, 0.25) is 5.95 Å². The van der Waals surface area contributed by atoms with E-state index >= 15 is 0 Å². The number of aromatic hydroxyl groups is 1. The van der Waals surface area contributed by atoms with Gasteiger partial charge in [0.1, 0.15) is 11.4 Å². The van der Waals surface area contributed by atoms with Gasteiger partial charge in [0.25, 0.3) is 0 Å². The molecule has 0 spiro atoms. The summed E-state index contributed by atoms with van der Waals surface area (Å²) in [7, 11) is 2.11. The van der Waals surface area contributed by atoms with Crippen LogP contribution in [0.4, 0.5) is 19.1 Å². The van der Waals surface area contributed by atoms with Crippen molar-refractivity contribution >= 4 is 5.95 Å². The van der Waals surface area contributed by atoms with Crippen LogP contribution in [0.1, 0.15) is 24.1 Å². The zero-order valence-corrected chi connectivity index (χ0v) is 15.7. The molecule has 28 heavy (non-hydrogen) atoms. The highest BCUT2D eigenvalue weighted by molar-refractivity contribution is 5.69. The fourth-order valence-electron chi connectivity index (χ4n) is 4.31. The average molecular weight is 393 g/mol. The molecule has 2 aliphatic rings. The van der Waals surface area contributed by atoms with Crippen molar-refractivity contribution in [2.75, 3.05) is 31.6 Å². The van der Waals surface area contributed by atoms with Gasteiger partial charge in [0.05, 0.1) is 11.3 Å². The van der Waals surface area contributed by atoms with Crippen LogP contribution in [0.15, 0.2) is 18.2 Å². The summed E-state index contributed by atoms with van der Waals surface area (Å²) < 4.78 is 38.4. The summed E-state index contributed by atoms with van der Waals surface area (Å²) in [5, 5.41) is 18.5. The van der Waals surface area contributed by atoms with Gasteiger partial charge in [-0.25, -0.2) is 4.98 Å². The number of hydrogen-bond acceptors (Lipinski definition) is 6. The van der Waals surface area contributed by atoms with Crippen LogP contribution in [0.2, 0.25) is 0 Å². The van der Waals surface area contributed by atoms with Crippen LogP contribution in [0.3, 0.4) is 0 Å². The predicted octanol–water partition coefficient (Wildman–Crippen LogP) is 3.10.